The summed E-state index contributed by atoms with van der Waals surface area (Å²) in [5.41, 5.74) is 0.444. The molecule has 0 unspecified atom stereocenters. The van der Waals surface area contributed by atoms with Crippen molar-refractivity contribution < 1.29 is 17.5 Å². The minimum Gasteiger partial charge on any atom is -0.384 e. The predicted octanol–water partition coefficient (Wildman–Crippen LogP) is 1.43. The van der Waals surface area contributed by atoms with Crippen LogP contribution in [0, 0.1) is 18.2 Å². The molecule has 124 valence electrons. The Morgan fingerprint density at radius 1 is 1.36 bits per heavy atom. The van der Waals surface area contributed by atoms with Crippen LogP contribution in [-0.4, -0.2) is 41.8 Å². The van der Waals surface area contributed by atoms with Crippen LogP contribution in [0.15, 0.2) is 23.1 Å². The zero-order valence-electron chi connectivity index (χ0n) is 13.0. The monoisotopic (exact) mass is 330 g/mol. The lowest BCUT2D eigenvalue weighted by Crippen LogP contribution is -2.47. The zero-order valence-corrected chi connectivity index (χ0v) is 13.8. The molecule has 0 aliphatic carbocycles. The summed E-state index contributed by atoms with van der Waals surface area (Å²) in [5, 5.41) is 3.25. The maximum atomic E-state index is 13.9. The summed E-state index contributed by atoms with van der Waals surface area (Å²) in [5.74, 6) is -0.724. The van der Waals surface area contributed by atoms with Crippen LogP contribution in [0.2, 0.25) is 0 Å². The number of rotatable bonds is 6. The highest BCUT2D eigenvalue weighted by molar-refractivity contribution is 7.89. The fourth-order valence-corrected chi connectivity index (χ4v) is 4.00. The molecule has 2 rings (SSSR count). The van der Waals surface area contributed by atoms with E-state index in [1.807, 2.05) is 0 Å². The van der Waals surface area contributed by atoms with Crippen LogP contribution in [-0.2, 0) is 14.8 Å². The lowest BCUT2D eigenvalue weighted by Gasteiger charge is -2.37. The highest BCUT2D eigenvalue weighted by Crippen LogP contribution is 2.29. The van der Waals surface area contributed by atoms with E-state index in [1.54, 1.807) is 20.1 Å². The Labute approximate surface area is 131 Å². The van der Waals surface area contributed by atoms with Gasteiger partial charge in [0.25, 0.3) is 0 Å². The number of ether oxygens (including phenoxy) is 1. The van der Waals surface area contributed by atoms with Crippen molar-refractivity contribution in [3.8, 4) is 0 Å². The summed E-state index contributed by atoms with van der Waals surface area (Å²) in [6.45, 7) is 4.09. The molecule has 0 spiro atoms. The van der Waals surface area contributed by atoms with Crippen LogP contribution in [0.25, 0.3) is 0 Å². The third-order valence-electron chi connectivity index (χ3n) is 4.13. The molecule has 1 aliphatic heterocycles. The van der Waals surface area contributed by atoms with Gasteiger partial charge in [-0.15, -0.1) is 0 Å². The van der Waals surface area contributed by atoms with E-state index in [-0.39, 0.29) is 16.9 Å². The molecule has 0 amide bonds. The Hall–Kier alpha value is -1.02. The van der Waals surface area contributed by atoms with Gasteiger partial charge in [-0.3, -0.25) is 0 Å². The summed E-state index contributed by atoms with van der Waals surface area (Å²) in [7, 11) is -2.26. The van der Waals surface area contributed by atoms with E-state index >= 15 is 0 Å². The van der Waals surface area contributed by atoms with E-state index in [0.29, 0.717) is 12.2 Å². The number of hydrogen-bond acceptors (Lipinski definition) is 4. The fraction of sp³-hybridized carbons (Fsp3) is 0.600. The van der Waals surface area contributed by atoms with E-state index in [4.69, 9.17) is 4.74 Å². The van der Waals surface area contributed by atoms with Crippen molar-refractivity contribution in [1.82, 2.24) is 10.0 Å². The van der Waals surface area contributed by atoms with Crippen molar-refractivity contribution in [3.05, 3.63) is 29.6 Å². The van der Waals surface area contributed by atoms with Crippen molar-refractivity contribution in [2.45, 2.75) is 24.7 Å². The molecule has 1 saturated heterocycles. The summed E-state index contributed by atoms with van der Waals surface area (Å²) >= 11 is 0. The number of aryl methyl sites for hydroxylation is 1. The molecule has 2 N–H and O–H groups in total. The molecule has 0 aromatic heterocycles. The van der Waals surface area contributed by atoms with Crippen LogP contribution < -0.4 is 10.0 Å². The van der Waals surface area contributed by atoms with Crippen LogP contribution in [0.4, 0.5) is 4.39 Å². The van der Waals surface area contributed by atoms with Crippen molar-refractivity contribution in [2.75, 3.05) is 33.4 Å². The van der Waals surface area contributed by atoms with Gasteiger partial charge in [0.15, 0.2) is 0 Å². The Morgan fingerprint density at radius 2 is 2.05 bits per heavy atom. The first-order valence-electron chi connectivity index (χ1n) is 7.34. The second-order valence-electron chi connectivity index (χ2n) is 5.94. The van der Waals surface area contributed by atoms with Gasteiger partial charge < -0.3 is 10.1 Å². The van der Waals surface area contributed by atoms with E-state index in [0.717, 1.165) is 25.9 Å². The molecule has 1 aliphatic rings. The molecule has 1 aromatic rings. The van der Waals surface area contributed by atoms with Crippen molar-refractivity contribution >= 4 is 10.0 Å². The minimum absolute atomic E-state index is 0.242. The van der Waals surface area contributed by atoms with Crippen molar-refractivity contribution in [1.29, 1.82) is 0 Å². The lowest BCUT2D eigenvalue weighted by molar-refractivity contribution is 0.0577. The Bertz CT molecular complexity index is 608. The molecule has 5 nitrogen and oxygen atoms in total. The van der Waals surface area contributed by atoms with Gasteiger partial charge in [0.1, 0.15) is 10.7 Å². The quantitative estimate of drug-likeness (QED) is 0.828. The molecular weight excluding hydrogens is 307 g/mol. The number of benzene rings is 1. The van der Waals surface area contributed by atoms with Crippen molar-refractivity contribution in [3.63, 3.8) is 0 Å². The second kappa shape index (κ2) is 7.04. The first-order valence-corrected chi connectivity index (χ1v) is 8.82. The first kappa shape index (κ1) is 17.3. The molecule has 1 heterocycles. The number of sulfonamides is 1. The van der Waals surface area contributed by atoms with Crippen molar-refractivity contribution in [2.24, 2.45) is 5.41 Å². The smallest absolute Gasteiger partial charge is 0.243 e. The molecule has 0 atom stereocenters. The molecular formula is C15H23FN2O3S. The standard InChI is InChI=1S/C15H23FN2O3S/c1-12-3-4-14(13(16)9-12)22(19,20)18-10-15(11-21-2)5-7-17-8-6-15/h3-4,9,17-18H,5-8,10-11H2,1-2H3. The van der Waals surface area contributed by atoms with Gasteiger partial charge in [-0.2, -0.15) is 0 Å². The van der Waals surface area contributed by atoms with Crippen LogP contribution in [0.3, 0.4) is 0 Å². The normalized spacial score (nSPS) is 18.3. The number of halogens is 1. The Balaban J connectivity index is 2.14. The van der Waals surface area contributed by atoms with E-state index in [2.05, 4.69) is 10.0 Å². The maximum absolute atomic E-state index is 13.9. The van der Waals surface area contributed by atoms with Gasteiger partial charge in [0.05, 0.1) is 6.61 Å². The largest absolute Gasteiger partial charge is 0.384 e. The molecule has 0 saturated carbocycles. The third kappa shape index (κ3) is 4.04. The van der Waals surface area contributed by atoms with Crippen LogP contribution >= 0.6 is 0 Å². The number of nitrogens with one attached hydrogen (secondary N) is 2. The van der Waals surface area contributed by atoms with Gasteiger partial charge in [0.2, 0.25) is 10.0 Å². The number of hydrogen-bond donors (Lipinski definition) is 2. The highest BCUT2D eigenvalue weighted by Gasteiger charge is 2.34. The van der Waals surface area contributed by atoms with E-state index in [9.17, 15) is 12.8 Å². The van der Waals surface area contributed by atoms with Gasteiger partial charge >= 0.3 is 0 Å². The first-order chi connectivity index (χ1) is 10.4. The summed E-state index contributed by atoms with van der Waals surface area (Å²) in [4.78, 5) is -0.306. The number of methoxy groups -OCH3 is 1. The van der Waals surface area contributed by atoms with Crippen LogP contribution in [0.5, 0.6) is 0 Å². The maximum Gasteiger partial charge on any atom is 0.243 e. The molecule has 0 radical (unpaired) electrons. The third-order valence-corrected chi connectivity index (χ3v) is 5.56. The molecule has 1 aromatic carbocycles. The summed E-state index contributed by atoms with van der Waals surface area (Å²) < 4.78 is 46.4. The lowest BCUT2D eigenvalue weighted by atomic mass is 9.80. The zero-order chi connectivity index (χ0) is 16.2. The summed E-state index contributed by atoms with van der Waals surface area (Å²) in [6, 6.07) is 4.12. The average molecular weight is 330 g/mol. The minimum atomic E-state index is -3.86. The molecule has 22 heavy (non-hydrogen) atoms. The molecule has 1 fully saturated rings. The number of piperidine rings is 1. The van der Waals surface area contributed by atoms with Gasteiger partial charge in [-0.1, -0.05) is 6.07 Å². The van der Waals surface area contributed by atoms with Gasteiger partial charge in [-0.05, 0) is 50.6 Å². The SMILES string of the molecule is COCC1(CNS(=O)(=O)c2ccc(C)cc2F)CCNCC1. The summed E-state index contributed by atoms with van der Waals surface area (Å²) in [6.07, 6.45) is 1.64. The topological polar surface area (TPSA) is 67.4 Å². The van der Waals surface area contributed by atoms with Gasteiger partial charge in [0, 0.05) is 19.1 Å². The Morgan fingerprint density at radius 3 is 2.64 bits per heavy atom. The van der Waals surface area contributed by atoms with E-state index in [1.165, 1.54) is 12.1 Å². The molecule has 0 bridgehead atoms. The predicted molar refractivity (Wildman–Crippen MR) is 82.7 cm³/mol. The second-order valence-corrected chi connectivity index (χ2v) is 7.68. The fourth-order valence-electron chi connectivity index (χ4n) is 2.79. The van der Waals surface area contributed by atoms with Gasteiger partial charge in [-0.25, -0.2) is 17.5 Å². The highest BCUT2D eigenvalue weighted by atomic mass is 32.2. The average Bonchev–Trinajstić information content (AvgIpc) is 2.46. The van der Waals surface area contributed by atoms with E-state index < -0.39 is 15.8 Å². The molecule has 7 heteroatoms. The Kier molecular flexibility index (Phi) is 5.55. The van der Waals surface area contributed by atoms with Crippen LogP contribution in [0.1, 0.15) is 18.4 Å².